The van der Waals surface area contributed by atoms with Gasteiger partial charge in [-0.05, 0) is 24.3 Å². The quantitative estimate of drug-likeness (QED) is 0.634. The third-order valence-electron chi connectivity index (χ3n) is 2.23. The molecule has 0 saturated carbocycles. The molecule has 0 amide bonds. The van der Waals surface area contributed by atoms with E-state index in [2.05, 4.69) is 15.3 Å². The van der Waals surface area contributed by atoms with Gasteiger partial charge in [0, 0.05) is 19.1 Å². The normalized spacial score (nSPS) is 10.6. The zero-order chi connectivity index (χ0) is 13.8. The van der Waals surface area contributed by atoms with Crippen LogP contribution >= 0.6 is 11.6 Å². The lowest BCUT2D eigenvalue weighted by molar-refractivity contribution is 0.642. The number of benzene rings is 1. The van der Waals surface area contributed by atoms with Gasteiger partial charge >= 0.3 is 0 Å². The number of aromatic nitrogens is 3. The predicted octanol–water partition coefficient (Wildman–Crippen LogP) is 2.01. The van der Waals surface area contributed by atoms with Crippen molar-refractivity contribution < 1.29 is 0 Å². The Hall–Kier alpha value is -2.39. The van der Waals surface area contributed by atoms with E-state index in [1.807, 2.05) is 20.2 Å². The Balaban J connectivity index is 2.49. The third-order valence-corrected chi connectivity index (χ3v) is 2.49. The van der Waals surface area contributed by atoms with E-state index in [1.54, 1.807) is 35.5 Å². The highest BCUT2D eigenvalue weighted by atomic mass is 35.5. The molecule has 2 aromatic rings. The van der Waals surface area contributed by atoms with Crippen molar-refractivity contribution in [3.8, 4) is 11.8 Å². The summed E-state index contributed by atoms with van der Waals surface area (Å²) in [5, 5.41) is 17.4. The average molecular weight is 275 g/mol. The molecule has 0 N–H and O–H groups in total. The molecule has 0 aliphatic heterocycles. The molecule has 6 nitrogen and oxygen atoms in total. The van der Waals surface area contributed by atoms with Crippen molar-refractivity contribution in [2.75, 3.05) is 14.1 Å². The molecule has 2 rings (SSSR count). The van der Waals surface area contributed by atoms with E-state index < -0.39 is 0 Å². The lowest BCUT2D eigenvalue weighted by Gasteiger charge is -2.05. The third kappa shape index (κ3) is 2.89. The Bertz CT molecular complexity index is 635. The number of hydrogen-bond acceptors (Lipinski definition) is 4. The number of hydrogen-bond donors (Lipinski definition) is 0. The first-order valence-electron chi connectivity index (χ1n) is 5.44. The van der Waals surface area contributed by atoms with E-state index >= 15 is 0 Å². The van der Waals surface area contributed by atoms with Gasteiger partial charge in [0.2, 0.25) is 5.69 Å². The maximum Gasteiger partial charge on any atom is 0.209 e. The summed E-state index contributed by atoms with van der Waals surface area (Å²) in [6.07, 6.45) is 1.59. The molecule has 96 valence electrons. The van der Waals surface area contributed by atoms with Gasteiger partial charge in [-0.3, -0.25) is 0 Å². The molecule has 0 unspecified atom stereocenters. The summed E-state index contributed by atoms with van der Waals surface area (Å²) in [6, 6.07) is 9.02. The molecule has 0 spiro atoms. The number of nitriles is 1. The first-order valence-corrected chi connectivity index (χ1v) is 5.82. The minimum atomic E-state index is 0.174. The largest absolute Gasteiger partial charge is 0.369 e. The Morgan fingerprint density at radius 2 is 2.05 bits per heavy atom. The smallest absolute Gasteiger partial charge is 0.209 e. The summed E-state index contributed by atoms with van der Waals surface area (Å²) in [4.78, 5) is 5.98. The summed E-state index contributed by atoms with van der Waals surface area (Å²) < 4.78 is 1.49. The van der Waals surface area contributed by atoms with Crippen LogP contribution in [0.4, 0.5) is 5.82 Å². The van der Waals surface area contributed by atoms with Crippen molar-refractivity contribution in [2.45, 2.75) is 0 Å². The van der Waals surface area contributed by atoms with Gasteiger partial charge in [0.15, 0.2) is 5.82 Å². The Morgan fingerprint density at radius 3 is 2.63 bits per heavy atom. The maximum atomic E-state index is 9.01. The highest BCUT2D eigenvalue weighted by Crippen LogP contribution is 2.21. The monoisotopic (exact) mass is 274 g/mol. The van der Waals surface area contributed by atoms with Crippen LogP contribution in [-0.4, -0.2) is 40.3 Å². The van der Waals surface area contributed by atoms with Gasteiger partial charge in [0.1, 0.15) is 6.07 Å². The first kappa shape index (κ1) is 13.1. The molecule has 7 heteroatoms. The SMILES string of the molecule is CN(C)/C=N/c1c(C#N)nnn1-c1ccc(Cl)cc1. The number of rotatable bonds is 3. The Labute approximate surface area is 115 Å². The molecule has 19 heavy (non-hydrogen) atoms. The molecular weight excluding hydrogens is 264 g/mol. The molecule has 1 heterocycles. The van der Waals surface area contributed by atoms with Gasteiger partial charge in [-0.2, -0.15) is 9.94 Å². The fraction of sp³-hybridized carbons (Fsp3) is 0.167. The van der Waals surface area contributed by atoms with Gasteiger partial charge in [0.05, 0.1) is 12.0 Å². The van der Waals surface area contributed by atoms with Crippen LogP contribution in [0.5, 0.6) is 0 Å². The number of aliphatic imine (C=N–C) groups is 1. The minimum absolute atomic E-state index is 0.174. The van der Waals surface area contributed by atoms with Crippen LogP contribution in [0.25, 0.3) is 5.69 Å². The van der Waals surface area contributed by atoms with E-state index in [4.69, 9.17) is 16.9 Å². The highest BCUT2D eigenvalue weighted by Gasteiger charge is 2.12. The lowest BCUT2D eigenvalue weighted by Crippen LogP contribution is -2.07. The van der Waals surface area contributed by atoms with Crippen LogP contribution in [0, 0.1) is 11.3 Å². The second-order valence-corrected chi connectivity index (χ2v) is 4.41. The van der Waals surface area contributed by atoms with E-state index in [0.29, 0.717) is 10.8 Å². The summed E-state index contributed by atoms with van der Waals surface area (Å²) in [7, 11) is 3.68. The van der Waals surface area contributed by atoms with Gasteiger partial charge < -0.3 is 4.90 Å². The lowest BCUT2D eigenvalue weighted by atomic mass is 10.3. The molecule has 0 atom stereocenters. The molecule has 0 aliphatic carbocycles. The summed E-state index contributed by atoms with van der Waals surface area (Å²) in [5.41, 5.74) is 0.914. The number of halogens is 1. The molecular formula is C12H11ClN6. The van der Waals surface area contributed by atoms with Crippen molar-refractivity contribution in [2.24, 2.45) is 4.99 Å². The Kier molecular flexibility index (Phi) is 3.78. The maximum absolute atomic E-state index is 9.01. The molecule has 1 aromatic heterocycles. The van der Waals surface area contributed by atoms with Crippen molar-refractivity contribution >= 4 is 23.8 Å². The molecule has 1 aromatic carbocycles. The highest BCUT2D eigenvalue weighted by molar-refractivity contribution is 6.30. The summed E-state index contributed by atoms with van der Waals surface area (Å²) >= 11 is 5.84. The van der Waals surface area contributed by atoms with Gasteiger partial charge in [-0.25, -0.2) is 4.99 Å². The zero-order valence-corrected chi connectivity index (χ0v) is 11.2. The van der Waals surface area contributed by atoms with Gasteiger partial charge in [-0.1, -0.05) is 16.8 Å². The van der Waals surface area contributed by atoms with Crippen LogP contribution in [-0.2, 0) is 0 Å². The molecule has 0 bridgehead atoms. The summed E-state index contributed by atoms with van der Waals surface area (Å²) in [6.45, 7) is 0. The average Bonchev–Trinajstić information content (AvgIpc) is 2.80. The van der Waals surface area contributed by atoms with E-state index in [-0.39, 0.29) is 5.69 Å². The van der Waals surface area contributed by atoms with Crippen LogP contribution in [0.15, 0.2) is 29.3 Å². The van der Waals surface area contributed by atoms with Crippen LogP contribution in [0.2, 0.25) is 5.02 Å². The van der Waals surface area contributed by atoms with E-state index in [0.717, 1.165) is 5.69 Å². The molecule has 0 fully saturated rings. The standard InChI is InChI=1S/C12H11ClN6/c1-18(2)8-15-12-11(7-14)16-17-19(12)10-5-3-9(13)4-6-10/h3-6,8H,1-2H3/b15-8+. The van der Waals surface area contributed by atoms with Crippen molar-refractivity contribution in [3.05, 3.63) is 35.0 Å². The minimum Gasteiger partial charge on any atom is -0.369 e. The fourth-order valence-electron chi connectivity index (χ4n) is 1.39. The molecule has 0 saturated heterocycles. The summed E-state index contributed by atoms with van der Waals surface area (Å²) in [5.74, 6) is 0.388. The van der Waals surface area contributed by atoms with E-state index in [9.17, 15) is 0 Å². The van der Waals surface area contributed by atoms with Crippen LogP contribution in [0.3, 0.4) is 0 Å². The van der Waals surface area contributed by atoms with Crippen molar-refractivity contribution in [1.82, 2.24) is 19.9 Å². The van der Waals surface area contributed by atoms with Crippen LogP contribution in [0.1, 0.15) is 5.69 Å². The second kappa shape index (κ2) is 5.50. The first-order chi connectivity index (χ1) is 9.11. The predicted molar refractivity (Wildman–Crippen MR) is 72.9 cm³/mol. The zero-order valence-electron chi connectivity index (χ0n) is 10.4. The molecule has 0 aliphatic rings. The van der Waals surface area contributed by atoms with E-state index in [1.165, 1.54) is 4.68 Å². The van der Waals surface area contributed by atoms with Crippen LogP contribution < -0.4 is 0 Å². The van der Waals surface area contributed by atoms with Crippen molar-refractivity contribution in [1.29, 1.82) is 5.26 Å². The van der Waals surface area contributed by atoms with Gasteiger partial charge in [0.25, 0.3) is 0 Å². The van der Waals surface area contributed by atoms with Crippen molar-refractivity contribution in [3.63, 3.8) is 0 Å². The Morgan fingerprint density at radius 1 is 1.37 bits per heavy atom. The van der Waals surface area contributed by atoms with Gasteiger partial charge in [-0.15, -0.1) is 5.10 Å². The second-order valence-electron chi connectivity index (χ2n) is 3.97. The molecule has 0 radical (unpaired) electrons. The topological polar surface area (TPSA) is 70.1 Å². The fourth-order valence-corrected chi connectivity index (χ4v) is 1.52. The number of nitrogens with zero attached hydrogens (tertiary/aromatic N) is 6.